The molecule has 29 heavy (non-hydrogen) atoms. The van der Waals surface area contributed by atoms with Crippen LogP contribution in [0.25, 0.3) is 11.3 Å². The van der Waals surface area contributed by atoms with Crippen LogP contribution in [0.2, 0.25) is 0 Å². The molecule has 0 spiro atoms. The lowest BCUT2D eigenvalue weighted by Crippen LogP contribution is -2.15. The van der Waals surface area contributed by atoms with Crippen molar-refractivity contribution in [2.45, 2.75) is 25.4 Å². The zero-order chi connectivity index (χ0) is 20.8. The Hall–Kier alpha value is -3.06. The zero-order valence-electron chi connectivity index (χ0n) is 16.7. The van der Waals surface area contributed by atoms with E-state index in [1.54, 1.807) is 13.0 Å². The summed E-state index contributed by atoms with van der Waals surface area (Å²) in [5.74, 6) is 0.0517. The molecule has 1 aromatic heterocycles. The lowest BCUT2D eigenvalue weighted by atomic mass is 10.1. The molecule has 0 atom stereocenters. The predicted octanol–water partition coefficient (Wildman–Crippen LogP) is 4.47. The van der Waals surface area contributed by atoms with Gasteiger partial charge in [-0.05, 0) is 30.2 Å². The number of imidazole rings is 1. The Morgan fingerprint density at radius 2 is 1.83 bits per heavy atom. The summed E-state index contributed by atoms with van der Waals surface area (Å²) in [5, 5.41) is 6.51. The number of thioether (sulfide) groups is 1. The quantitative estimate of drug-likeness (QED) is 0.566. The van der Waals surface area contributed by atoms with E-state index in [1.807, 2.05) is 67.2 Å². The normalized spacial score (nSPS) is 10.6. The van der Waals surface area contributed by atoms with Crippen LogP contribution in [0.4, 0.5) is 11.4 Å². The molecule has 3 aromatic rings. The number of hydrogen-bond donors (Lipinski definition) is 2. The fourth-order valence-electron chi connectivity index (χ4n) is 2.80. The third-order valence-electron chi connectivity index (χ3n) is 4.46. The highest BCUT2D eigenvalue weighted by molar-refractivity contribution is 7.99. The Morgan fingerprint density at radius 1 is 1.07 bits per heavy atom. The summed E-state index contributed by atoms with van der Waals surface area (Å²) in [7, 11) is 1.94. The molecule has 7 heteroatoms. The van der Waals surface area contributed by atoms with E-state index >= 15 is 0 Å². The van der Waals surface area contributed by atoms with Crippen molar-refractivity contribution in [1.29, 1.82) is 0 Å². The number of benzene rings is 2. The number of carbonyl (C=O) groups excluding carboxylic acids is 2. The molecule has 0 aliphatic rings. The number of rotatable bonds is 7. The standard InChI is InChI=1S/C22H24N4O2S/c1-4-20(27)25-18-12-17(11-10-15(18)2)24-21(28)14-29-22-23-13-19(26(22)3)16-8-6-5-7-9-16/h5-13H,4,14H2,1-3H3,(H,24,28)(H,25,27). The van der Waals surface area contributed by atoms with E-state index in [1.165, 1.54) is 11.8 Å². The average molecular weight is 409 g/mol. The number of carbonyl (C=O) groups is 2. The number of amides is 2. The fourth-order valence-corrected chi connectivity index (χ4v) is 3.56. The van der Waals surface area contributed by atoms with Gasteiger partial charge in [0.2, 0.25) is 11.8 Å². The minimum absolute atomic E-state index is 0.0591. The first-order chi connectivity index (χ1) is 14.0. The number of aromatic nitrogens is 2. The van der Waals surface area contributed by atoms with Crippen LogP contribution in [0.5, 0.6) is 0 Å². The van der Waals surface area contributed by atoms with E-state index in [4.69, 9.17) is 0 Å². The van der Waals surface area contributed by atoms with E-state index in [0.717, 1.165) is 22.0 Å². The molecular formula is C22H24N4O2S. The van der Waals surface area contributed by atoms with Crippen molar-refractivity contribution < 1.29 is 9.59 Å². The van der Waals surface area contributed by atoms with Crippen LogP contribution in [0.3, 0.4) is 0 Å². The molecule has 0 bridgehead atoms. The van der Waals surface area contributed by atoms with Crippen LogP contribution in [0.1, 0.15) is 18.9 Å². The van der Waals surface area contributed by atoms with Gasteiger partial charge in [-0.2, -0.15) is 0 Å². The van der Waals surface area contributed by atoms with Gasteiger partial charge in [-0.3, -0.25) is 9.59 Å². The highest BCUT2D eigenvalue weighted by Gasteiger charge is 2.12. The molecule has 0 saturated heterocycles. The molecular weight excluding hydrogens is 384 g/mol. The lowest BCUT2D eigenvalue weighted by Gasteiger charge is -2.11. The summed E-state index contributed by atoms with van der Waals surface area (Å²) < 4.78 is 1.98. The number of nitrogens with one attached hydrogen (secondary N) is 2. The smallest absolute Gasteiger partial charge is 0.234 e. The van der Waals surface area contributed by atoms with Gasteiger partial charge in [0.05, 0.1) is 17.6 Å². The maximum absolute atomic E-state index is 12.4. The molecule has 1 heterocycles. The molecule has 0 saturated carbocycles. The van der Waals surface area contributed by atoms with Crippen molar-refractivity contribution >= 4 is 35.0 Å². The molecule has 6 nitrogen and oxygen atoms in total. The second kappa shape index (κ2) is 9.43. The molecule has 2 aromatic carbocycles. The zero-order valence-corrected chi connectivity index (χ0v) is 17.5. The first kappa shape index (κ1) is 20.7. The summed E-state index contributed by atoms with van der Waals surface area (Å²) in [6.07, 6.45) is 2.22. The van der Waals surface area contributed by atoms with E-state index < -0.39 is 0 Å². The second-order valence-electron chi connectivity index (χ2n) is 6.62. The highest BCUT2D eigenvalue weighted by Crippen LogP contribution is 2.25. The molecule has 2 amide bonds. The Morgan fingerprint density at radius 3 is 2.55 bits per heavy atom. The molecule has 2 N–H and O–H groups in total. The molecule has 0 fully saturated rings. The van der Waals surface area contributed by atoms with E-state index in [-0.39, 0.29) is 17.6 Å². The van der Waals surface area contributed by atoms with Gasteiger partial charge < -0.3 is 15.2 Å². The molecule has 0 radical (unpaired) electrons. The van der Waals surface area contributed by atoms with E-state index in [9.17, 15) is 9.59 Å². The van der Waals surface area contributed by atoms with Gasteiger partial charge in [-0.15, -0.1) is 0 Å². The summed E-state index contributed by atoms with van der Waals surface area (Å²) in [5.41, 5.74) is 4.39. The summed E-state index contributed by atoms with van der Waals surface area (Å²) in [4.78, 5) is 28.5. The van der Waals surface area contributed by atoms with Crippen molar-refractivity contribution in [2.24, 2.45) is 7.05 Å². The van der Waals surface area contributed by atoms with Gasteiger partial charge in [-0.25, -0.2) is 4.98 Å². The Bertz CT molecular complexity index is 1010. The second-order valence-corrected chi connectivity index (χ2v) is 7.56. The van der Waals surface area contributed by atoms with Crippen molar-refractivity contribution in [1.82, 2.24) is 9.55 Å². The van der Waals surface area contributed by atoms with E-state index in [2.05, 4.69) is 15.6 Å². The van der Waals surface area contributed by atoms with Crippen LogP contribution in [-0.4, -0.2) is 27.1 Å². The molecule has 0 unspecified atom stereocenters. The number of aryl methyl sites for hydroxylation is 1. The Balaban J connectivity index is 1.62. The molecule has 0 aliphatic heterocycles. The third-order valence-corrected chi connectivity index (χ3v) is 5.51. The Labute approximate surface area is 174 Å². The van der Waals surface area contributed by atoms with E-state index in [0.29, 0.717) is 17.8 Å². The van der Waals surface area contributed by atoms with Crippen LogP contribution >= 0.6 is 11.8 Å². The van der Waals surface area contributed by atoms with Crippen molar-refractivity contribution in [3.63, 3.8) is 0 Å². The highest BCUT2D eigenvalue weighted by atomic mass is 32.2. The van der Waals surface area contributed by atoms with Crippen LogP contribution in [0.15, 0.2) is 59.9 Å². The molecule has 150 valence electrons. The maximum atomic E-state index is 12.4. The predicted molar refractivity (Wildman–Crippen MR) is 118 cm³/mol. The van der Waals surface area contributed by atoms with Gasteiger partial charge in [-0.1, -0.05) is 55.1 Å². The van der Waals surface area contributed by atoms with Gasteiger partial charge in [0.25, 0.3) is 0 Å². The van der Waals surface area contributed by atoms with Gasteiger partial charge in [0.1, 0.15) is 0 Å². The average Bonchev–Trinajstić information content (AvgIpc) is 3.10. The number of nitrogens with zero attached hydrogens (tertiary/aromatic N) is 2. The van der Waals surface area contributed by atoms with Crippen molar-refractivity contribution in [3.05, 3.63) is 60.3 Å². The van der Waals surface area contributed by atoms with Crippen LogP contribution in [-0.2, 0) is 16.6 Å². The van der Waals surface area contributed by atoms with Crippen LogP contribution < -0.4 is 10.6 Å². The summed E-state index contributed by atoms with van der Waals surface area (Å²) in [6, 6.07) is 15.5. The van der Waals surface area contributed by atoms with Crippen molar-refractivity contribution in [3.8, 4) is 11.3 Å². The molecule has 3 rings (SSSR count). The van der Waals surface area contributed by atoms with Gasteiger partial charge in [0.15, 0.2) is 5.16 Å². The maximum Gasteiger partial charge on any atom is 0.234 e. The lowest BCUT2D eigenvalue weighted by molar-refractivity contribution is -0.116. The minimum atomic E-state index is -0.129. The largest absolute Gasteiger partial charge is 0.326 e. The van der Waals surface area contributed by atoms with Gasteiger partial charge >= 0.3 is 0 Å². The molecule has 0 aliphatic carbocycles. The summed E-state index contributed by atoms with van der Waals surface area (Å²) in [6.45, 7) is 3.71. The monoisotopic (exact) mass is 408 g/mol. The minimum Gasteiger partial charge on any atom is -0.326 e. The SMILES string of the molecule is CCC(=O)Nc1cc(NC(=O)CSc2ncc(-c3ccccc3)n2C)ccc1C. The van der Waals surface area contributed by atoms with Crippen LogP contribution in [0, 0.1) is 6.92 Å². The van der Waals surface area contributed by atoms with Crippen molar-refractivity contribution in [2.75, 3.05) is 16.4 Å². The number of anilines is 2. The fraction of sp³-hybridized carbons (Fsp3) is 0.227. The number of hydrogen-bond acceptors (Lipinski definition) is 4. The summed E-state index contributed by atoms with van der Waals surface area (Å²) >= 11 is 1.38. The Kier molecular flexibility index (Phi) is 6.72. The van der Waals surface area contributed by atoms with Gasteiger partial charge in [0, 0.05) is 24.8 Å². The topological polar surface area (TPSA) is 76.0 Å². The first-order valence-electron chi connectivity index (χ1n) is 9.38. The first-order valence-corrected chi connectivity index (χ1v) is 10.4. The third kappa shape index (κ3) is 5.26.